The predicted octanol–water partition coefficient (Wildman–Crippen LogP) is 3.83. The summed E-state index contributed by atoms with van der Waals surface area (Å²) in [5.74, 6) is 0.809. The minimum Gasteiger partial charge on any atom is -0.491 e. The van der Waals surface area contributed by atoms with E-state index in [2.05, 4.69) is 10.1 Å². The molecule has 0 heterocycles. The maximum atomic E-state index is 12.3. The molecule has 0 bridgehead atoms. The molecule has 0 amide bonds. The van der Waals surface area contributed by atoms with Crippen LogP contribution in [0.2, 0.25) is 0 Å². The summed E-state index contributed by atoms with van der Waals surface area (Å²) in [5.41, 5.74) is 1.71. The van der Waals surface area contributed by atoms with E-state index in [4.69, 9.17) is 9.84 Å². The topological polar surface area (TPSA) is 50.7 Å². The van der Waals surface area contributed by atoms with Gasteiger partial charge in [-0.2, -0.15) is 8.78 Å². The summed E-state index contributed by atoms with van der Waals surface area (Å²) < 4.78 is 34.2. The van der Waals surface area contributed by atoms with Crippen molar-refractivity contribution in [1.82, 2.24) is 0 Å². The standard InChI is InChI=1S/C17H19F2NO3/c1-12(13-3-2-4-16(11-13)23-17(18)19)20-14-5-7-15(8-6-14)22-10-9-21/h2-8,11-12,17,20-21H,9-10H2,1H3. The van der Waals surface area contributed by atoms with Gasteiger partial charge in [0.2, 0.25) is 0 Å². The first-order valence-corrected chi connectivity index (χ1v) is 7.23. The van der Waals surface area contributed by atoms with E-state index in [0.717, 1.165) is 11.3 Å². The van der Waals surface area contributed by atoms with E-state index in [9.17, 15) is 8.78 Å². The Bertz CT molecular complexity index is 605. The van der Waals surface area contributed by atoms with Gasteiger partial charge in [-0.3, -0.25) is 0 Å². The van der Waals surface area contributed by atoms with Crippen LogP contribution >= 0.6 is 0 Å². The van der Waals surface area contributed by atoms with Crippen LogP contribution in [0.1, 0.15) is 18.5 Å². The number of alkyl halides is 2. The molecular weight excluding hydrogens is 304 g/mol. The summed E-state index contributed by atoms with van der Waals surface area (Å²) in [6.45, 7) is -0.689. The van der Waals surface area contributed by atoms with Crippen LogP contribution in [0.3, 0.4) is 0 Å². The Morgan fingerprint density at radius 1 is 1.09 bits per heavy atom. The zero-order chi connectivity index (χ0) is 16.7. The lowest BCUT2D eigenvalue weighted by Gasteiger charge is -2.17. The van der Waals surface area contributed by atoms with Crippen molar-refractivity contribution in [3.63, 3.8) is 0 Å². The minimum absolute atomic E-state index is 0.0337. The smallest absolute Gasteiger partial charge is 0.387 e. The van der Waals surface area contributed by atoms with Crippen molar-refractivity contribution in [1.29, 1.82) is 0 Å². The summed E-state index contributed by atoms with van der Waals surface area (Å²) >= 11 is 0. The van der Waals surface area contributed by atoms with Crippen molar-refractivity contribution in [3.05, 3.63) is 54.1 Å². The zero-order valence-electron chi connectivity index (χ0n) is 12.7. The lowest BCUT2D eigenvalue weighted by molar-refractivity contribution is -0.0498. The molecule has 6 heteroatoms. The van der Waals surface area contributed by atoms with E-state index in [1.807, 2.05) is 25.1 Å². The van der Waals surface area contributed by atoms with Crippen LogP contribution in [0.15, 0.2) is 48.5 Å². The van der Waals surface area contributed by atoms with Gasteiger partial charge in [-0.25, -0.2) is 0 Å². The molecule has 124 valence electrons. The Hall–Kier alpha value is -2.34. The first-order chi connectivity index (χ1) is 11.1. The van der Waals surface area contributed by atoms with Crippen molar-refractivity contribution in [2.75, 3.05) is 18.5 Å². The SMILES string of the molecule is CC(Nc1ccc(OCCO)cc1)c1cccc(OC(F)F)c1. The minimum atomic E-state index is -2.83. The predicted molar refractivity (Wildman–Crippen MR) is 84.1 cm³/mol. The molecule has 0 aromatic heterocycles. The average Bonchev–Trinajstić information content (AvgIpc) is 2.54. The van der Waals surface area contributed by atoms with Crippen LogP contribution in [0, 0.1) is 0 Å². The van der Waals surface area contributed by atoms with Crippen LogP contribution in [0.25, 0.3) is 0 Å². The van der Waals surface area contributed by atoms with Gasteiger partial charge in [0.25, 0.3) is 0 Å². The van der Waals surface area contributed by atoms with Gasteiger partial charge < -0.3 is 19.9 Å². The molecule has 0 radical (unpaired) electrons. The Labute approximate surface area is 133 Å². The number of nitrogens with one attached hydrogen (secondary N) is 1. The molecule has 2 rings (SSSR count). The molecule has 0 aliphatic carbocycles. The van der Waals surface area contributed by atoms with Gasteiger partial charge in [-0.15, -0.1) is 0 Å². The summed E-state index contributed by atoms with van der Waals surface area (Å²) in [6.07, 6.45) is 0. The number of rotatable bonds is 8. The molecule has 1 atom stereocenters. The number of anilines is 1. The van der Waals surface area contributed by atoms with E-state index in [0.29, 0.717) is 5.75 Å². The second-order valence-corrected chi connectivity index (χ2v) is 4.91. The summed E-state index contributed by atoms with van der Waals surface area (Å²) in [6, 6.07) is 13.8. The summed E-state index contributed by atoms with van der Waals surface area (Å²) in [4.78, 5) is 0. The van der Waals surface area contributed by atoms with Gasteiger partial charge in [0, 0.05) is 11.7 Å². The van der Waals surface area contributed by atoms with Gasteiger partial charge in [0.15, 0.2) is 0 Å². The normalized spacial score (nSPS) is 12.0. The largest absolute Gasteiger partial charge is 0.491 e. The van der Waals surface area contributed by atoms with Crippen molar-refractivity contribution >= 4 is 5.69 Å². The summed E-state index contributed by atoms with van der Waals surface area (Å²) in [5, 5.41) is 12.0. The number of aliphatic hydroxyl groups excluding tert-OH is 1. The van der Waals surface area contributed by atoms with Crippen LogP contribution in [0.5, 0.6) is 11.5 Å². The molecule has 23 heavy (non-hydrogen) atoms. The van der Waals surface area contributed by atoms with Gasteiger partial charge in [-0.1, -0.05) is 12.1 Å². The Morgan fingerprint density at radius 3 is 2.48 bits per heavy atom. The highest BCUT2D eigenvalue weighted by Crippen LogP contribution is 2.24. The third kappa shape index (κ3) is 5.41. The van der Waals surface area contributed by atoms with Gasteiger partial charge in [0.1, 0.15) is 18.1 Å². The second-order valence-electron chi connectivity index (χ2n) is 4.91. The molecule has 0 saturated carbocycles. The number of ether oxygens (including phenoxy) is 2. The molecule has 2 N–H and O–H groups in total. The Kier molecular flexibility index (Phi) is 6.17. The lowest BCUT2D eigenvalue weighted by atomic mass is 10.1. The van der Waals surface area contributed by atoms with E-state index in [-0.39, 0.29) is 25.0 Å². The van der Waals surface area contributed by atoms with Crippen LogP contribution in [0.4, 0.5) is 14.5 Å². The highest BCUT2D eigenvalue weighted by atomic mass is 19.3. The fourth-order valence-electron chi connectivity index (χ4n) is 2.10. The van der Waals surface area contributed by atoms with Crippen molar-refractivity contribution in [2.24, 2.45) is 0 Å². The average molecular weight is 323 g/mol. The molecule has 1 unspecified atom stereocenters. The van der Waals surface area contributed by atoms with Gasteiger partial charge >= 0.3 is 6.61 Å². The molecular formula is C17H19F2NO3. The number of hydrogen-bond donors (Lipinski definition) is 2. The first kappa shape index (κ1) is 17.0. The maximum absolute atomic E-state index is 12.3. The molecule has 0 saturated heterocycles. The molecule has 0 spiro atoms. The number of benzene rings is 2. The molecule has 0 fully saturated rings. The maximum Gasteiger partial charge on any atom is 0.387 e. The van der Waals surface area contributed by atoms with Crippen LogP contribution in [-0.2, 0) is 0 Å². The monoisotopic (exact) mass is 323 g/mol. The molecule has 4 nitrogen and oxygen atoms in total. The van der Waals surface area contributed by atoms with Crippen molar-refractivity contribution in [3.8, 4) is 11.5 Å². The van der Waals surface area contributed by atoms with Crippen molar-refractivity contribution < 1.29 is 23.4 Å². The fraction of sp³-hybridized carbons (Fsp3) is 0.294. The molecule has 2 aromatic carbocycles. The summed E-state index contributed by atoms with van der Waals surface area (Å²) in [7, 11) is 0. The van der Waals surface area contributed by atoms with E-state index >= 15 is 0 Å². The van der Waals surface area contributed by atoms with Crippen LogP contribution < -0.4 is 14.8 Å². The molecule has 2 aromatic rings. The van der Waals surface area contributed by atoms with E-state index < -0.39 is 6.61 Å². The van der Waals surface area contributed by atoms with Gasteiger partial charge in [-0.05, 0) is 48.9 Å². The zero-order valence-corrected chi connectivity index (χ0v) is 12.7. The third-order valence-electron chi connectivity index (χ3n) is 3.18. The van der Waals surface area contributed by atoms with E-state index in [1.165, 1.54) is 6.07 Å². The molecule has 0 aliphatic rings. The first-order valence-electron chi connectivity index (χ1n) is 7.23. The van der Waals surface area contributed by atoms with Crippen LogP contribution in [-0.4, -0.2) is 24.9 Å². The second kappa shape index (κ2) is 8.33. The quantitative estimate of drug-likeness (QED) is 0.775. The lowest BCUT2D eigenvalue weighted by Crippen LogP contribution is -2.08. The Balaban J connectivity index is 1.99. The van der Waals surface area contributed by atoms with Gasteiger partial charge in [0.05, 0.1) is 6.61 Å². The highest BCUT2D eigenvalue weighted by molar-refractivity contribution is 5.48. The van der Waals surface area contributed by atoms with E-state index in [1.54, 1.807) is 24.3 Å². The molecule has 0 aliphatic heterocycles. The fourth-order valence-corrected chi connectivity index (χ4v) is 2.10. The number of halogens is 2. The highest BCUT2D eigenvalue weighted by Gasteiger charge is 2.09. The number of hydrogen-bond acceptors (Lipinski definition) is 4. The third-order valence-corrected chi connectivity index (χ3v) is 3.18. The van der Waals surface area contributed by atoms with Crippen molar-refractivity contribution in [2.45, 2.75) is 19.6 Å². The Morgan fingerprint density at radius 2 is 1.83 bits per heavy atom. The number of aliphatic hydroxyl groups is 1.